The summed E-state index contributed by atoms with van der Waals surface area (Å²) in [5.41, 5.74) is 0.951. The van der Waals surface area contributed by atoms with Crippen LogP contribution in [0.2, 0.25) is 0 Å². The Labute approximate surface area is 121 Å². The summed E-state index contributed by atoms with van der Waals surface area (Å²) in [7, 11) is 0. The molecule has 0 spiro atoms. The van der Waals surface area contributed by atoms with E-state index >= 15 is 0 Å². The van der Waals surface area contributed by atoms with E-state index in [1.165, 1.54) is 0 Å². The Kier molecular flexibility index (Phi) is 5.98. The summed E-state index contributed by atoms with van der Waals surface area (Å²) in [4.78, 5) is 0. The lowest BCUT2D eigenvalue weighted by molar-refractivity contribution is -0.0473. The standard InChI is InChI=1S/C16H25NO3/c1-12(2)15(16(18)13-6-4-3-5-7-13)17-9-8-14-19-10-11-20-14/h3-7,12,14-18H,8-11H2,1-2H3/t15-,16+/m1/s1. The SMILES string of the molecule is CC(C)[C@@H](NCCC1OCCO1)[C@@H](O)c1ccccc1. The van der Waals surface area contributed by atoms with Crippen molar-refractivity contribution < 1.29 is 14.6 Å². The van der Waals surface area contributed by atoms with Crippen LogP contribution in [-0.4, -0.2) is 37.2 Å². The Balaban J connectivity index is 1.86. The van der Waals surface area contributed by atoms with Gasteiger partial charge in [0, 0.05) is 19.0 Å². The maximum absolute atomic E-state index is 10.5. The van der Waals surface area contributed by atoms with Crippen LogP contribution in [0.25, 0.3) is 0 Å². The largest absolute Gasteiger partial charge is 0.387 e. The lowest BCUT2D eigenvalue weighted by atomic mass is 9.93. The Morgan fingerprint density at radius 2 is 1.85 bits per heavy atom. The van der Waals surface area contributed by atoms with Gasteiger partial charge in [0.2, 0.25) is 0 Å². The molecule has 0 aliphatic carbocycles. The van der Waals surface area contributed by atoms with Gasteiger partial charge in [0.05, 0.1) is 19.3 Å². The van der Waals surface area contributed by atoms with Gasteiger partial charge in [-0.2, -0.15) is 0 Å². The van der Waals surface area contributed by atoms with E-state index in [-0.39, 0.29) is 12.3 Å². The van der Waals surface area contributed by atoms with Crippen LogP contribution >= 0.6 is 0 Å². The normalized spacial score (nSPS) is 19.4. The molecule has 0 radical (unpaired) electrons. The van der Waals surface area contributed by atoms with Gasteiger partial charge in [-0.1, -0.05) is 44.2 Å². The molecule has 1 heterocycles. The summed E-state index contributed by atoms with van der Waals surface area (Å²) in [6.45, 7) is 6.38. The molecule has 0 saturated carbocycles. The van der Waals surface area contributed by atoms with Gasteiger partial charge < -0.3 is 19.9 Å². The smallest absolute Gasteiger partial charge is 0.159 e. The third kappa shape index (κ3) is 4.28. The molecule has 1 aliphatic heterocycles. The van der Waals surface area contributed by atoms with E-state index in [4.69, 9.17) is 9.47 Å². The van der Waals surface area contributed by atoms with Gasteiger partial charge in [0.1, 0.15) is 0 Å². The molecule has 1 aromatic carbocycles. The zero-order valence-electron chi connectivity index (χ0n) is 12.3. The molecule has 112 valence electrons. The van der Waals surface area contributed by atoms with E-state index in [0.29, 0.717) is 19.1 Å². The van der Waals surface area contributed by atoms with Crippen molar-refractivity contribution in [2.45, 2.75) is 38.7 Å². The van der Waals surface area contributed by atoms with Crippen LogP contribution in [0.15, 0.2) is 30.3 Å². The molecule has 4 heteroatoms. The first-order chi connectivity index (χ1) is 9.68. The monoisotopic (exact) mass is 279 g/mol. The number of hydrogen-bond acceptors (Lipinski definition) is 4. The quantitative estimate of drug-likeness (QED) is 0.802. The zero-order valence-corrected chi connectivity index (χ0v) is 12.3. The van der Waals surface area contributed by atoms with Gasteiger partial charge in [-0.25, -0.2) is 0 Å². The number of ether oxygens (including phenoxy) is 2. The molecule has 0 amide bonds. The van der Waals surface area contributed by atoms with Gasteiger partial charge in [-0.15, -0.1) is 0 Å². The second-order valence-corrected chi connectivity index (χ2v) is 5.54. The molecular formula is C16H25NO3. The number of rotatable bonds is 7. The Hall–Kier alpha value is -0.940. The average Bonchev–Trinajstić information content (AvgIpc) is 2.97. The van der Waals surface area contributed by atoms with Crippen molar-refractivity contribution in [3.8, 4) is 0 Å². The molecule has 4 nitrogen and oxygen atoms in total. The summed E-state index contributed by atoms with van der Waals surface area (Å²) < 4.78 is 10.8. The Morgan fingerprint density at radius 1 is 1.20 bits per heavy atom. The molecule has 2 N–H and O–H groups in total. The van der Waals surface area contributed by atoms with Crippen molar-refractivity contribution in [2.24, 2.45) is 5.92 Å². The summed E-state index contributed by atoms with van der Waals surface area (Å²) in [5, 5.41) is 14.0. The predicted molar refractivity (Wildman–Crippen MR) is 78.3 cm³/mol. The maximum atomic E-state index is 10.5. The van der Waals surface area contributed by atoms with Crippen LogP contribution < -0.4 is 5.32 Å². The van der Waals surface area contributed by atoms with E-state index in [0.717, 1.165) is 18.5 Å². The Bertz CT molecular complexity index is 377. The van der Waals surface area contributed by atoms with Crippen LogP contribution in [0, 0.1) is 5.92 Å². The number of benzene rings is 1. The highest BCUT2D eigenvalue weighted by atomic mass is 16.7. The molecule has 1 saturated heterocycles. The molecule has 1 aliphatic rings. The van der Waals surface area contributed by atoms with E-state index in [2.05, 4.69) is 19.2 Å². The lowest BCUT2D eigenvalue weighted by Crippen LogP contribution is -2.40. The summed E-state index contributed by atoms with van der Waals surface area (Å²) in [6, 6.07) is 9.82. The molecule has 0 unspecified atom stereocenters. The third-order valence-electron chi connectivity index (χ3n) is 3.65. The van der Waals surface area contributed by atoms with Crippen LogP contribution in [0.5, 0.6) is 0 Å². The van der Waals surface area contributed by atoms with E-state index < -0.39 is 6.10 Å². The van der Waals surface area contributed by atoms with E-state index in [1.54, 1.807) is 0 Å². The Morgan fingerprint density at radius 3 is 2.45 bits per heavy atom. The van der Waals surface area contributed by atoms with Crippen molar-refractivity contribution in [3.05, 3.63) is 35.9 Å². The fraction of sp³-hybridized carbons (Fsp3) is 0.625. The second-order valence-electron chi connectivity index (χ2n) is 5.54. The number of aliphatic hydroxyl groups excluding tert-OH is 1. The van der Waals surface area contributed by atoms with Crippen molar-refractivity contribution in [2.75, 3.05) is 19.8 Å². The first kappa shape index (κ1) is 15.4. The highest BCUT2D eigenvalue weighted by Crippen LogP contribution is 2.21. The lowest BCUT2D eigenvalue weighted by Gasteiger charge is -2.28. The fourth-order valence-electron chi connectivity index (χ4n) is 2.51. The summed E-state index contributed by atoms with van der Waals surface area (Å²) in [5.74, 6) is 0.343. The van der Waals surface area contributed by atoms with Crippen LogP contribution in [0.3, 0.4) is 0 Å². The van der Waals surface area contributed by atoms with Crippen molar-refractivity contribution in [1.29, 1.82) is 0 Å². The van der Waals surface area contributed by atoms with Gasteiger partial charge in [0.15, 0.2) is 6.29 Å². The van der Waals surface area contributed by atoms with Gasteiger partial charge in [0.25, 0.3) is 0 Å². The molecule has 1 fully saturated rings. The summed E-state index contributed by atoms with van der Waals surface area (Å²) in [6.07, 6.45) is 0.218. The summed E-state index contributed by atoms with van der Waals surface area (Å²) >= 11 is 0. The minimum Gasteiger partial charge on any atom is -0.387 e. The molecule has 1 aromatic rings. The van der Waals surface area contributed by atoms with Gasteiger partial charge in [-0.3, -0.25) is 0 Å². The zero-order chi connectivity index (χ0) is 14.4. The second kappa shape index (κ2) is 7.74. The van der Waals surface area contributed by atoms with Gasteiger partial charge in [-0.05, 0) is 11.5 Å². The topological polar surface area (TPSA) is 50.7 Å². The minimum atomic E-state index is -0.499. The van der Waals surface area contributed by atoms with Crippen molar-refractivity contribution >= 4 is 0 Å². The van der Waals surface area contributed by atoms with Crippen LogP contribution in [0.1, 0.15) is 31.9 Å². The molecule has 0 bridgehead atoms. The molecule has 0 aromatic heterocycles. The number of hydrogen-bond donors (Lipinski definition) is 2. The van der Waals surface area contributed by atoms with Crippen molar-refractivity contribution in [1.82, 2.24) is 5.32 Å². The molecule has 2 rings (SSSR count). The molecular weight excluding hydrogens is 254 g/mol. The highest BCUT2D eigenvalue weighted by Gasteiger charge is 2.24. The molecule has 20 heavy (non-hydrogen) atoms. The van der Waals surface area contributed by atoms with E-state index in [9.17, 15) is 5.11 Å². The predicted octanol–water partition coefficient (Wildman–Crippen LogP) is 2.10. The first-order valence-electron chi connectivity index (χ1n) is 7.38. The highest BCUT2D eigenvalue weighted by molar-refractivity contribution is 5.19. The first-order valence-corrected chi connectivity index (χ1v) is 7.38. The fourth-order valence-corrected chi connectivity index (χ4v) is 2.51. The third-order valence-corrected chi connectivity index (χ3v) is 3.65. The van der Waals surface area contributed by atoms with Crippen LogP contribution in [0.4, 0.5) is 0 Å². The average molecular weight is 279 g/mol. The van der Waals surface area contributed by atoms with E-state index in [1.807, 2.05) is 30.3 Å². The number of nitrogens with one attached hydrogen (secondary N) is 1. The molecule has 2 atom stereocenters. The van der Waals surface area contributed by atoms with Gasteiger partial charge >= 0.3 is 0 Å². The minimum absolute atomic E-state index is 0.0267. The number of aliphatic hydroxyl groups is 1. The van der Waals surface area contributed by atoms with Crippen molar-refractivity contribution in [3.63, 3.8) is 0 Å². The van der Waals surface area contributed by atoms with Crippen LogP contribution in [-0.2, 0) is 9.47 Å². The maximum Gasteiger partial charge on any atom is 0.159 e.